The first kappa shape index (κ1) is 19.2. The molecule has 12 heteroatoms. The smallest absolute Gasteiger partial charge is 0.287 e. The maximum Gasteiger partial charge on any atom is 0.460 e. The minimum Gasteiger partial charge on any atom is -0.287 e. The molecule has 130 valence electrons. The number of halogens is 11. The Morgan fingerprint density at radius 1 is 0.739 bits per heavy atom. The first-order chi connectivity index (χ1) is 10.1. The molecule has 0 aliphatic heterocycles. The molecule has 23 heavy (non-hydrogen) atoms. The van der Waals surface area contributed by atoms with Gasteiger partial charge in [0.1, 0.15) is 11.6 Å². The summed E-state index contributed by atoms with van der Waals surface area (Å²) in [6, 6.07) is 0.806. The van der Waals surface area contributed by atoms with E-state index < -0.39 is 46.9 Å². The molecule has 0 bridgehead atoms. The van der Waals surface area contributed by atoms with Gasteiger partial charge in [-0.3, -0.25) is 4.79 Å². The second kappa shape index (κ2) is 5.34. The molecule has 0 amide bonds. The lowest BCUT2D eigenvalue weighted by molar-refractivity contribution is -0.386. The minimum atomic E-state index is -7.33. The van der Waals surface area contributed by atoms with Gasteiger partial charge in [-0.15, -0.1) is 0 Å². The number of alkyl halides is 9. The van der Waals surface area contributed by atoms with Crippen molar-refractivity contribution in [2.45, 2.75) is 23.9 Å². The zero-order chi connectivity index (χ0) is 18.4. The monoisotopic (exact) mass is 360 g/mol. The van der Waals surface area contributed by atoms with Gasteiger partial charge in [0.15, 0.2) is 0 Å². The molecule has 0 aromatic heterocycles. The standard InChI is InChI=1S/C11H3F11O/c12-4-2-1-3-5(13)6(4)7(23)8(14,15)9(16,17)10(18,19)11(20,21)22/h1-3H. The number of hydrogen-bond donors (Lipinski definition) is 0. The van der Waals surface area contributed by atoms with Crippen LogP contribution in [0.5, 0.6) is 0 Å². The molecule has 0 unspecified atom stereocenters. The van der Waals surface area contributed by atoms with E-state index in [1.807, 2.05) is 0 Å². The van der Waals surface area contributed by atoms with Crippen LogP contribution in [0, 0.1) is 11.6 Å². The Morgan fingerprint density at radius 2 is 1.13 bits per heavy atom. The summed E-state index contributed by atoms with van der Waals surface area (Å²) >= 11 is 0. The van der Waals surface area contributed by atoms with Crippen molar-refractivity contribution in [1.82, 2.24) is 0 Å². The first-order valence-corrected chi connectivity index (χ1v) is 5.28. The summed E-state index contributed by atoms with van der Waals surface area (Å²) in [5.74, 6) is -29.2. The van der Waals surface area contributed by atoms with E-state index in [2.05, 4.69) is 0 Å². The van der Waals surface area contributed by atoms with Crippen molar-refractivity contribution in [1.29, 1.82) is 0 Å². The molecule has 1 aromatic carbocycles. The van der Waals surface area contributed by atoms with E-state index in [0.717, 1.165) is 0 Å². The third-order valence-corrected chi connectivity index (χ3v) is 2.62. The molecule has 0 saturated carbocycles. The lowest BCUT2D eigenvalue weighted by Crippen LogP contribution is -2.63. The number of carbonyl (C=O) groups is 1. The number of Topliss-reactive ketones (excluding diaryl/α,β-unsaturated/α-hetero) is 1. The Balaban J connectivity index is 3.49. The molecule has 0 radical (unpaired) electrons. The third-order valence-electron chi connectivity index (χ3n) is 2.62. The zero-order valence-electron chi connectivity index (χ0n) is 10.3. The number of benzene rings is 1. The maximum absolute atomic E-state index is 13.3. The lowest BCUT2D eigenvalue weighted by atomic mass is 9.95. The van der Waals surface area contributed by atoms with E-state index in [-0.39, 0.29) is 12.1 Å². The highest BCUT2D eigenvalue weighted by atomic mass is 19.4. The molecule has 1 rings (SSSR count). The van der Waals surface area contributed by atoms with E-state index in [0.29, 0.717) is 6.07 Å². The second-order valence-electron chi connectivity index (χ2n) is 4.15. The van der Waals surface area contributed by atoms with Crippen LogP contribution in [0.2, 0.25) is 0 Å². The normalized spacial score (nSPS) is 14.0. The Hall–Kier alpha value is -1.88. The predicted molar refractivity (Wildman–Crippen MR) is 51.6 cm³/mol. The molecule has 1 nitrogen and oxygen atoms in total. The van der Waals surface area contributed by atoms with Gasteiger partial charge in [0.05, 0.1) is 5.56 Å². The van der Waals surface area contributed by atoms with Crippen LogP contribution in [0.25, 0.3) is 0 Å². The predicted octanol–water partition coefficient (Wildman–Crippen LogP) is 4.62. The van der Waals surface area contributed by atoms with E-state index in [4.69, 9.17) is 0 Å². The van der Waals surface area contributed by atoms with Gasteiger partial charge in [-0.2, -0.15) is 39.5 Å². The van der Waals surface area contributed by atoms with Gasteiger partial charge < -0.3 is 0 Å². The first-order valence-electron chi connectivity index (χ1n) is 5.28. The summed E-state index contributed by atoms with van der Waals surface area (Å²) in [5, 5.41) is 0. The van der Waals surface area contributed by atoms with E-state index >= 15 is 0 Å². The van der Waals surface area contributed by atoms with Crippen molar-refractivity contribution >= 4 is 5.78 Å². The van der Waals surface area contributed by atoms with Gasteiger partial charge in [-0.05, 0) is 12.1 Å². The molecule has 0 spiro atoms. The van der Waals surface area contributed by atoms with E-state index in [9.17, 15) is 53.1 Å². The van der Waals surface area contributed by atoms with E-state index in [1.165, 1.54) is 0 Å². The Labute approximate surface area is 119 Å². The fraction of sp³-hybridized carbons (Fsp3) is 0.364. The number of hydrogen-bond acceptors (Lipinski definition) is 1. The molecule has 0 atom stereocenters. The summed E-state index contributed by atoms with van der Waals surface area (Å²) in [4.78, 5) is 11.1. The van der Waals surface area contributed by atoms with E-state index in [1.54, 1.807) is 0 Å². The molecule has 0 heterocycles. The SMILES string of the molecule is O=C(c1c(F)cccc1F)C(F)(F)C(F)(F)C(F)(F)C(F)(F)F. The van der Waals surface area contributed by atoms with Crippen LogP contribution in [0.15, 0.2) is 18.2 Å². The quantitative estimate of drug-likeness (QED) is 0.566. The van der Waals surface area contributed by atoms with Crippen molar-refractivity contribution in [2.75, 3.05) is 0 Å². The molecule has 1 aromatic rings. The van der Waals surface area contributed by atoms with Crippen LogP contribution < -0.4 is 0 Å². The third kappa shape index (κ3) is 2.74. The summed E-state index contributed by atoms with van der Waals surface area (Å²) in [6.45, 7) is 0. The van der Waals surface area contributed by atoms with Crippen molar-refractivity contribution in [3.8, 4) is 0 Å². The van der Waals surface area contributed by atoms with Crippen molar-refractivity contribution < 1.29 is 53.1 Å². The highest BCUT2D eigenvalue weighted by Gasteiger charge is 2.83. The van der Waals surface area contributed by atoms with Gasteiger partial charge >= 0.3 is 23.9 Å². The summed E-state index contributed by atoms with van der Waals surface area (Å²) < 4.78 is 139. The molecule has 0 aliphatic carbocycles. The van der Waals surface area contributed by atoms with Gasteiger partial charge in [0.25, 0.3) is 0 Å². The fourth-order valence-electron chi connectivity index (χ4n) is 1.39. The molecule has 0 fully saturated rings. The van der Waals surface area contributed by atoms with Gasteiger partial charge in [0.2, 0.25) is 5.78 Å². The average Bonchev–Trinajstić information content (AvgIpc) is 2.36. The fourth-order valence-corrected chi connectivity index (χ4v) is 1.39. The summed E-state index contributed by atoms with van der Waals surface area (Å²) in [7, 11) is 0. The summed E-state index contributed by atoms with van der Waals surface area (Å²) in [6.07, 6.45) is -7.14. The van der Waals surface area contributed by atoms with Crippen LogP contribution >= 0.6 is 0 Å². The van der Waals surface area contributed by atoms with Crippen LogP contribution in [0.3, 0.4) is 0 Å². The van der Waals surface area contributed by atoms with Crippen molar-refractivity contribution in [3.63, 3.8) is 0 Å². The van der Waals surface area contributed by atoms with Crippen LogP contribution in [-0.2, 0) is 0 Å². The van der Waals surface area contributed by atoms with Crippen LogP contribution in [-0.4, -0.2) is 29.7 Å². The largest absolute Gasteiger partial charge is 0.460 e. The highest BCUT2D eigenvalue weighted by Crippen LogP contribution is 2.53. The maximum atomic E-state index is 13.3. The zero-order valence-corrected chi connectivity index (χ0v) is 10.3. The van der Waals surface area contributed by atoms with Crippen LogP contribution in [0.4, 0.5) is 48.3 Å². The molecule has 0 saturated heterocycles. The highest BCUT2D eigenvalue weighted by molar-refractivity contribution is 6.02. The molecule has 0 aliphatic rings. The van der Waals surface area contributed by atoms with Gasteiger partial charge in [-0.1, -0.05) is 6.07 Å². The molecule has 0 N–H and O–H groups in total. The number of carbonyl (C=O) groups excluding carboxylic acids is 1. The topological polar surface area (TPSA) is 17.1 Å². The van der Waals surface area contributed by atoms with Gasteiger partial charge in [-0.25, -0.2) is 8.78 Å². The van der Waals surface area contributed by atoms with Crippen LogP contribution in [0.1, 0.15) is 10.4 Å². The Morgan fingerprint density at radius 3 is 1.48 bits per heavy atom. The number of ketones is 1. The Kier molecular flexibility index (Phi) is 4.45. The second-order valence-corrected chi connectivity index (χ2v) is 4.15. The van der Waals surface area contributed by atoms with Crippen molar-refractivity contribution in [2.24, 2.45) is 0 Å². The average molecular weight is 360 g/mol. The summed E-state index contributed by atoms with van der Waals surface area (Å²) in [5.41, 5.74) is -2.37. The molecular formula is C11H3F11O. The van der Waals surface area contributed by atoms with Gasteiger partial charge in [0, 0.05) is 0 Å². The van der Waals surface area contributed by atoms with Crippen molar-refractivity contribution in [3.05, 3.63) is 35.4 Å². The minimum absolute atomic E-state index is 0.145. The lowest BCUT2D eigenvalue weighted by Gasteiger charge is -2.32. The number of rotatable bonds is 4. The molecular weight excluding hydrogens is 357 g/mol. The Bertz CT molecular complexity index is 597.